The Kier molecular flexibility index (Phi) is 6.74. The van der Waals surface area contributed by atoms with E-state index in [-0.39, 0.29) is 23.5 Å². The SMILES string of the molecule is Nc1ccccc1CNC(=O)C(=Cc1ccccc1[N+](=O)[O-])NC(=O)c1ccccc1. The smallest absolute Gasteiger partial charge is 0.276 e. The quantitative estimate of drug-likeness (QED) is 0.236. The Morgan fingerprint density at radius 3 is 2.29 bits per heavy atom. The van der Waals surface area contributed by atoms with Gasteiger partial charge in [0.05, 0.1) is 10.5 Å². The molecular formula is C23H20N4O4. The molecule has 0 radical (unpaired) electrons. The third kappa shape index (κ3) is 5.54. The van der Waals surface area contributed by atoms with Crippen LogP contribution in [0.2, 0.25) is 0 Å². The molecule has 0 spiro atoms. The van der Waals surface area contributed by atoms with Crippen LogP contribution in [0.4, 0.5) is 11.4 Å². The monoisotopic (exact) mass is 416 g/mol. The summed E-state index contributed by atoms with van der Waals surface area (Å²) in [6.07, 6.45) is 1.28. The second-order valence-corrected chi connectivity index (χ2v) is 6.58. The number of hydrogen-bond donors (Lipinski definition) is 3. The third-order valence-corrected chi connectivity index (χ3v) is 4.46. The van der Waals surface area contributed by atoms with E-state index in [0.29, 0.717) is 16.8 Å². The Morgan fingerprint density at radius 1 is 0.935 bits per heavy atom. The van der Waals surface area contributed by atoms with Crippen LogP contribution in [0.3, 0.4) is 0 Å². The number of nitrogens with zero attached hydrogens (tertiary/aromatic N) is 1. The standard InChI is InChI=1S/C23H20N4O4/c24-19-12-6-4-11-18(19)15-25-23(29)20(26-22(28)16-8-2-1-3-9-16)14-17-10-5-7-13-21(17)27(30)31/h1-14H,15,24H2,(H,25,29)(H,26,28). The number of nitrogens with two attached hydrogens (primary N) is 1. The molecule has 0 aliphatic carbocycles. The van der Waals surface area contributed by atoms with Gasteiger partial charge in [0.1, 0.15) is 5.70 Å². The fraction of sp³-hybridized carbons (Fsp3) is 0.0435. The molecule has 3 aromatic rings. The van der Waals surface area contributed by atoms with Crippen LogP contribution in [0.1, 0.15) is 21.5 Å². The summed E-state index contributed by atoms with van der Waals surface area (Å²) in [6, 6.07) is 21.3. The molecule has 0 aromatic heterocycles. The maximum Gasteiger partial charge on any atom is 0.276 e. The van der Waals surface area contributed by atoms with Crippen molar-refractivity contribution in [2.75, 3.05) is 5.73 Å². The Hall–Kier alpha value is -4.46. The molecule has 8 nitrogen and oxygen atoms in total. The lowest BCUT2D eigenvalue weighted by atomic mass is 10.1. The third-order valence-electron chi connectivity index (χ3n) is 4.46. The van der Waals surface area contributed by atoms with Crippen LogP contribution in [0.5, 0.6) is 0 Å². The lowest BCUT2D eigenvalue weighted by Crippen LogP contribution is -2.34. The van der Waals surface area contributed by atoms with Crippen LogP contribution in [-0.4, -0.2) is 16.7 Å². The predicted octanol–water partition coefficient (Wildman–Crippen LogP) is 3.26. The van der Waals surface area contributed by atoms with Crippen LogP contribution in [0.25, 0.3) is 6.08 Å². The first-order valence-electron chi connectivity index (χ1n) is 9.39. The average Bonchev–Trinajstić information content (AvgIpc) is 2.78. The van der Waals surface area contributed by atoms with Crippen LogP contribution < -0.4 is 16.4 Å². The number of para-hydroxylation sites is 2. The molecule has 0 unspecified atom stereocenters. The number of nitrogens with one attached hydrogen (secondary N) is 2. The minimum Gasteiger partial charge on any atom is -0.398 e. The van der Waals surface area contributed by atoms with Crippen molar-refractivity contribution < 1.29 is 14.5 Å². The summed E-state index contributed by atoms with van der Waals surface area (Å²) in [4.78, 5) is 36.3. The molecule has 0 aliphatic rings. The van der Waals surface area contributed by atoms with E-state index >= 15 is 0 Å². The zero-order valence-electron chi connectivity index (χ0n) is 16.4. The van der Waals surface area contributed by atoms with Crippen molar-refractivity contribution >= 4 is 29.3 Å². The van der Waals surface area contributed by atoms with Gasteiger partial charge in [0, 0.05) is 23.9 Å². The minimum atomic E-state index is -0.606. The van der Waals surface area contributed by atoms with Gasteiger partial charge in [-0.3, -0.25) is 19.7 Å². The van der Waals surface area contributed by atoms with Crippen molar-refractivity contribution in [3.05, 3.63) is 111 Å². The number of benzene rings is 3. The van der Waals surface area contributed by atoms with Crippen LogP contribution >= 0.6 is 0 Å². The highest BCUT2D eigenvalue weighted by Gasteiger charge is 2.18. The van der Waals surface area contributed by atoms with Crippen LogP contribution in [0.15, 0.2) is 84.6 Å². The van der Waals surface area contributed by atoms with Gasteiger partial charge in [0.25, 0.3) is 17.5 Å². The van der Waals surface area contributed by atoms with E-state index in [9.17, 15) is 19.7 Å². The fourth-order valence-corrected chi connectivity index (χ4v) is 2.84. The molecule has 0 atom stereocenters. The number of nitrogen functional groups attached to an aromatic ring is 1. The summed E-state index contributed by atoms with van der Waals surface area (Å²) < 4.78 is 0. The predicted molar refractivity (Wildman–Crippen MR) is 118 cm³/mol. The molecule has 0 fully saturated rings. The molecule has 3 rings (SSSR count). The van der Waals surface area contributed by atoms with Gasteiger partial charge in [0.2, 0.25) is 0 Å². The zero-order chi connectivity index (χ0) is 22.2. The Labute approximate surface area is 178 Å². The largest absolute Gasteiger partial charge is 0.398 e. The highest BCUT2D eigenvalue weighted by molar-refractivity contribution is 6.05. The van der Waals surface area contributed by atoms with Crippen molar-refractivity contribution in [3.63, 3.8) is 0 Å². The minimum absolute atomic E-state index is 0.126. The number of nitro benzene ring substituents is 1. The second kappa shape index (κ2) is 9.84. The summed E-state index contributed by atoms with van der Waals surface area (Å²) in [5, 5.41) is 16.6. The number of hydrogen-bond acceptors (Lipinski definition) is 5. The Balaban J connectivity index is 1.90. The summed E-state index contributed by atoms with van der Waals surface area (Å²) in [6.45, 7) is 0.126. The summed E-state index contributed by atoms with van der Waals surface area (Å²) >= 11 is 0. The van der Waals surface area contributed by atoms with Gasteiger partial charge in [-0.1, -0.05) is 48.5 Å². The first-order chi connectivity index (χ1) is 15.0. The van der Waals surface area contributed by atoms with Gasteiger partial charge >= 0.3 is 0 Å². The Bertz CT molecular complexity index is 1140. The van der Waals surface area contributed by atoms with E-state index in [1.165, 1.54) is 24.3 Å². The van der Waals surface area contributed by atoms with E-state index in [4.69, 9.17) is 5.73 Å². The molecule has 0 saturated heterocycles. The van der Waals surface area contributed by atoms with Crippen molar-refractivity contribution in [1.82, 2.24) is 10.6 Å². The lowest BCUT2D eigenvalue weighted by Gasteiger charge is -2.12. The van der Waals surface area contributed by atoms with Gasteiger partial charge < -0.3 is 16.4 Å². The molecule has 8 heteroatoms. The van der Waals surface area contributed by atoms with Gasteiger partial charge in [-0.15, -0.1) is 0 Å². The van der Waals surface area contributed by atoms with Gasteiger partial charge in [0.15, 0.2) is 0 Å². The highest BCUT2D eigenvalue weighted by Crippen LogP contribution is 2.20. The van der Waals surface area contributed by atoms with Crippen molar-refractivity contribution in [2.24, 2.45) is 0 Å². The van der Waals surface area contributed by atoms with Gasteiger partial charge in [-0.05, 0) is 35.9 Å². The van der Waals surface area contributed by atoms with Gasteiger partial charge in [-0.25, -0.2) is 0 Å². The summed E-state index contributed by atoms with van der Waals surface area (Å²) in [7, 11) is 0. The molecule has 31 heavy (non-hydrogen) atoms. The normalized spacial score (nSPS) is 10.9. The van der Waals surface area contributed by atoms with E-state index in [0.717, 1.165) is 0 Å². The number of carbonyl (C=O) groups is 2. The number of nitro groups is 1. The van der Waals surface area contributed by atoms with Crippen LogP contribution in [-0.2, 0) is 11.3 Å². The van der Waals surface area contributed by atoms with E-state index in [2.05, 4.69) is 10.6 Å². The molecule has 2 amide bonds. The molecule has 0 heterocycles. The molecule has 156 valence electrons. The first-order valence-corrected chi connectivity index (χ1v) is 9.39. The van der Waals surface area contributed by atoms with Crippen molar-refractivity contribution in [3.8, 4) is 0 Å². The maximum atomic E-state index is 12.9. The summed E-state index contributed by atoms with van der Waals surface area (Å²) in [5.74, 6) is -1.12. The molecular weight excluding hydrogens is 396 g/mol. The molecule has 4 N–H and O–H groups in total. The molecule has 0 saturated carbocycles. The van der Waals surface area contributed by atoms with Gasteiger partial charge in [-0.2, -0.15) is 0 Å². The van der Waals surface area contributed by atoms with E-state index in [1.807, 2.05) is 0 Å². The molecule has 0 aliphatic heterocycles. The van der Waals surface area contributed by atoms with Crippen molar-refractivity contribution in [1.29, 1.82) is 0 Å². The zero-order valence-corrected chi connectivity index (χ0v) is 16.4. The highest BCUT2D eigenvalue weighted by atomic mass is 16.6. The number of carbonyl (C=O) groups excluding carboxylic acids is 2. The summed E-state index contributed by atoms with van der Waals surface area (Å²) in [5.41, 5.74) is 7.34. The number of amides is 2. The number of anilines is 1. The maximum absolute atomic E-state index is 12.9. The average molecular weight is 416 g/mol. The number of rotatable bonds is 7. The molecule has 0 bridgehead atoms. The van der Waals surface area contributed by atoms with E-state index in [1.54, 1.807) is 60.7 Å². The Morgan fingerprint density at radius 2 is 1.58 bits per heavy atom. The lowest BCUT2D eigenvalue weighted by molar-refractivity contribution is -0.385. The topological polar surface area (TPSA) is 127 Å². The van der Waals surface area contributed by atoms with Crippen LogP contribution in [0, 0.1) is 10.1 Å². The van der Waals surface area contributed by atoms with E-state index < -0.39 is 16.7 Å². The van der Waals surface area contributed by atoms with Crippen molar-refractivity contribution in [2.45, 2.75) is 6.54 Å². The fourth-order valence-electron chi connectivity index (χ4n) is 2.84. The molecule has 3 aromatic carbocycles. The second-order valence-electron chi connectivity index (χ2n) is 6.58. The first kappa shape index (κ1) is 21.3.